The van der Waals surface area contributed by atoms with Crippen molar-refractivity contribution in [3.8, 4) is 11.4 Å². The zero-order valence-corrected chi connectivity index (χ0v) is 24.5. The van der Waals surface area contributed by atoms with Crippen LogP contribution >= 0.6 is 0 Å². The molecule has 0 fully saturated rings. The lowest BCUT2D eigenvalue weighted by molar-refractivity contribution is -0.114. The SMILES string of the molecule is COC(=O)c1cnc(Nc2cc(NC(C)=O)c(N(C)CCN(C)C)cc2OC)nc1Nc1ccccc1-n1cccn1. The number of benzene rings is 2. The molecule has 13 heteroatoms. The van der Waals surface area contributed by atoms with Crippen molar-refractivity contribution in [2.24, 2.45) is 0 Å². The van der Waals surface area contributed by atoms with Gasteiger partial charge in [-0.05, 0) is 38.4 Å². The molecule has 0 bridgehead atoms. The molecule has 0 aliphatic rings. The lowest BCUT2D eigenvalue weighted by Gasteiger charge is -2.26. The van der Waals surface area contributed by atoms with E-state index in [2.05, 4.69) is 35.9 Å². The number of carbonyl (C=O) groups excluding carboxylic acids is 2. The molecule has 1 amide bonds. The smallest absolute Gasteiger partial charge is 0.343 e. The van der Waals surface area contributed by atoms with E-state index < -0.39 is 5.97 Å². The lowest BCUT2D eigenvalue weighted by atomic mass is 10.2. The largest absolute Gasteiger partial charge is 0.494 e. The average Bonchev–Trinajstić information content (AvgIpc) is 3.51. The number of nitrogens with zero attached hydrogens (tertiary/aromatic N) is 6. The fraction of sp³-hybridized carbons (Fsp3) is 0.276. The van der Waals surface area contributed by atoms with Crippen LogP contribution in [0.3, 0.4) is 0 Å². The molecule has 2 heterocycles. The number of carbonyl (C=O) groups is 2. The fourth-order valence-corrected chi connectivity index (χ4v) is 4.15. The Morgan fingerprint density at radius 2 is 1.76 bits per heavy atom. The van der Waals surface area contributed by atoms with Gasteiger partial charge in [-0.1, -0.05) is 12.1 Å². The van der Waals surface area contributed by atoms with Gasteiger partial charge in [-0.2, -0.15) is 10.1 Å². The van der Waals surface area contributed by atoms with E-state index in [-0.39, 0.29) is 23.2 Å². The molecule has 4 rings (SSSR count). The van der Waals surface area contributed by atoms with Gasteiger partial charge in [0, 0.05) is 51.7 Å². The van der Waals surface area contributed by atoms with E-state index >= 15 is 0 Å². The van der Waals surface area contributed by atoms with Crippen LogP contribution in [0.25, 0.3) is 5.69 Å². The second kappa shape index (κ2) is 13.5. The Kier molecular flexibility index (Phi) is 9.55. The summed E-state index contributed by atoms with van der Waals surface area (Å²) in [7, 11) is 8.80. The molecule has 13 nitrogen and oxygen atoms in total. The van der Waals surface area contributed by atoms with Crippen LogP contribution in [0, 0.1) is 0 Å². The first-order valence-corrected chi connectivity index (χ1v) is 13.1. The second-order valence-electron chi connectivity index (χ2n) is 9.64. The molecule has 0 aliphatic heterocycles. The van der Waals surface area contributed by atoms with Crippen LogP contribution in [-0.2, 0) is 9.53 Å². The summed E-state index contributed by atoms with van der Waals surface area (Å²) in [6.07, 6.45) is 4.87. The van der Waals surface area contributed by atoms with Crippen molar-refractivity contribution in [3.05, 3.63) is 66.6 Å². The summed E-state index contributed by atoms with van der Waals surface area (Å²) in [6.45, 7) is 3.00. The molecule has 0 saturated carbocycles. The average molecular weight is 574 g/mol. The first-order chi connectivity index (χ1) is 20.2. The standard InChI is InChI=1S/C29H35N9O4/c1-19(39)32-22-16-23(26(41-5)17-25(22)37(4)15-14-36(2)3)34-29-30-18-20(28(40)42-6)27(35-29)33-21-10-7-8-11-24(21)38-13-9-12-31-38/h7-13,16-18H,14-15H2,1-6H3,(H,32,39)(H2,30,33,34,35). The van der Waals surface area contributed by atoms with E-state index in [9.17, 15) is 9.59 Å². The van der Waals surface area contributed by atoms with Crippen molar-refractivity contribution in [2.45, 2.75) is 6.92 Å². The number of ether oxygens (including phenoxy) is 2. The number of methoxy groups -OCH3 is 2. The van der Waals surface area contributed by atoms with Crippen molar-refractivity contribution in [2.75, 3.05) is 69.3 Å². The summed E-state index contributed by atoms with van der Waals surface area (Å²) in [6, 6.07) is 12.9. The fourth-order valence-electron chi connectivity index (χ4n) is 4.15. The van der Waals surface area contributed by atoms with Gasteiger partial charge in [0.1, 0.15) is 11.3 Å². The molecule has 3 N–H and O–H groups in total. The highest BCUT2D eigenvalue weighted by Gasteiger charge is 2.20. The summed E-state index contributed by atoms with van der Waals surface area (Å²) < 4.78 is 12.4. The van der Waals surface area contributed by atoms with E-state index in [1.807, 2.05) is 68.6 Å². The summed E-state index contributed by atoms with van der Waals surface area (Å²) >= 11 is 0. The number of para-hydroxylation sites is 2. The highest BCUT2D eigenvalue weighted by molar-refractivity contribution is 5.96. The maximum absolute atomic E-state index is 12.6. The van der Waals surface area contributed by atoms with Gasteiger partial charge in [0.05, 0.1) is 42.7 Å². The summed E-state index contributed by atoms with van der Waals surface area (Å²) in [5, 5.41) is 13.6. The lowest BCUT2D eigenvalue weighted by Crippen LogP contribution is -2.29. The van der Waals surface area contributed by atoms with Crippen molar-refractivity contribution < 1.29 is 19.1 Å². The molecule has 0 unspecified atom stereocenters. The summed E-state index contributed by atoms with van der Waals surface area (Å²) in [5.41, 5.74) is 3.44. The third-order valence-electron chi connectivity index (χ3n) is 6.27. The number of rotatable bonds is 12. The summed E-state index contributed by atoms with van der Waals surface area (Å²) in [5.74, 6) is 0.100. The van der Waals surface area contributed by atoms with Crippen LogP contribution in [0.2, 0.25) is 0 Å². The van der Waals surface area contributed by atoms with E-state index in [1.165, 1.54) is 20.2 Å². The molecule has 220 valence electrons. The van der Waals surface area contributed by atoms with E-state index in [0.717, 1.165) is 24.5 Å². The normalized spacial score (nSPS) is 10.7. The topological polar surface area (TPSA) is 139 Å². The van der Waals surface area contributed by atoms with Gasteiger partial charge in [0.15, 0.2) is 5.82 Å². The number of hydrogen-bond acceptors (Lipinski definition) is 11. The number of nitrogens with one attached hydrogen (secondary N) is 3. The molecule has 4 aromatic rings. The highest BCUT2D eigenvalue weighted by atomic mass is 16.5. The molecule has 0 aliphatic carbocycles. The Bertz CT molecular complexity index is 1540. The molecule has 0 spiro atoms. The monoisotopic (exact) mass is 573 g/mol. The number of aromatic nitrogens is 4. The van der Waals surface area contributed by atoms with Crippen molar-refractivity contribution >= 4 is 46.4 Å². The molecule has 42 heavy (non-hydrogen) atoms. The first-order valence-electron chi connectivity index (χ1n) is 13.1. The summed E-state index contributed by atoms with van der Waals surface area (Å²) in [4.78, 5) is 37.7. The van der Waals surface area contributed by atoms with Gasteiger partial charge >= 0.3 is 5.97 Å². The van der Waals surface area contributed by atoms with Crippen LogP contribution < -0.4 is 25.6 Å². The van der Waals surface area contributed by atoms with Crippen LogP contribution in [0.4, 0.5) is 34.5 Å². The molecular formula is C29H35N9O4. The van der Waals surface area contributed by atoms with E-state index in [0.29, 0.717) is 22.8 Å². The Hall–Kier alpha value is -5.17. The molecule has 0 saturated heterocycles. The Balaban J connectivity index is 1.72. The van der Waals surface area contributed by atoms with Gasteiger partial charge in [-0.25, -0.2) is 14.5 Å². The maximum atomic E-state index is 12.6. The van der Waals surface area contributed by atoms with Gasteiger partial charge < -0.3 is 35.2 Å². The Labute approximate surface area is 244 Å². The van der Waals surface area contributed by atoms with Crippen LogP contribution in [-0.4, -0.2) is 85.0 Å². The predicted molar refractivity (Wildman–Crippen MR) is 163 cm³/mol. The van der Waals surface area contributed by atoms with Gasteiger partial charge in [-0.3, -0.25) is 4.79 Å². The Morgan fingerprint density at radius 1 is 0.976 bits per heavy atom. The van der Waals surface area contributed by atoms with Crippen molar-refractivity contribution in [3.63, 3.8) is 0 Å². The number of hydrogen-bond donors (Lipinski definition) is 3. The minimum absolute atomic E-state index is 0.141. The molecule has 0 radical (unpaired) electrons. The highest BCUT2D eigenvalue weighted by Crippen LogP contribution is 2.38. The van der Waals surface area contributed by atoms with Crippen LogP contribution in [0.15, 0.2) is 61.1 Å². The van der Waals surface area contributed by atoms with E-state index in [4.69, 9.17) is 9.47 Å². The van der Waals surface area contributed by atoms with Gasteiger partial charge in [0.2, 0.25) is 11.9 Å². The van der Waals surface area contributed by atoms with E-state index in [1.54, 1.807) is 24.1 Å². The Morgan fingerprint density at radius 3 is 2.43 bits per heavy atom. The number of amides is 1. The third-order valence-corrected chi connectivity index (χ3v) is 6.27. The van der Waals surface area contributed by atoms with Gasteiger partial charge in [-0.15, -0.1) is 0 Å². The number of esters is 1. The predicted octanol–water partition coefficient (Wildman–Crippen LogP) is 3.90. The maximum Gasteiger partial charge on any atom is 0.343 e. The molecular weight excluding hydrogens is 538 g/mol. The van der Waals surface area contributed by atoms with Crippen LogP contribution in [0.5, 0.6) is 5.75 Å². The second-order valence-corrected chi connectivity index (χ2v) is 9.64. The van der Waals surface area contributed by atoms with Crippen LogP contribution in [0.1, 0.15) is 17.3 Å². The number of likely N-dealkylation sites (N-methyl/N-ethyl adjacent to an activating group) is 2. The molecule has 2 aromatic heterocycles. The zero-order valence-electron chi connectivity index (χ0n) is 24.5. The molecule has 2 aromatic carbocycles. The number of anilines is 6. The zero-order chi connectivity index (χ0) is 30.2. The quantitative estimate of drug-likeness (QED) is 0.213. The van der Waals surface area contributed by atoms with Gasteiger partial charge in [0.25, 0.3) is 0 Å². The first kappa shape index (κ1) is 29.8. The van der Waals surface area contributed by atoms with Crippen molar-refractivity contribution in [1.29, 1.82) is 0 Å². The minimum Gasteiger partial charge on any atom is -0.494 e. The molecule has 0 atom stereocenters. The van der Waals surface area contributed by atoms with Crippen molar-refractivity contribution in [1.82, 2.24) is 24.6 Å². The minimum atomic E-state index is -0.601. The third kappa shape index (κ3) is 7.12.